The second-order valence-corrected chi connectivity index (χ2v) is 6.94. The van der Waals surface area contributed by atoms with Gasteiger partial charge < -0.3 is 21.3 Å². The Kier molecular flexibility index (Phi) is 6.32. The summed E-state index contributed by atoms with van der Waals surface area (Å²) < 4.78 is 0. The van der Waals surface area contributed by atoms with Crippen molar-refractivity contribution >= 4 is 5.69 Å². The first-order chi connectivity index (χ1) is 11.8. The molecule has 1 heterocycles. The summed E-state index contributed by atoms with van der Waals surface area (Å²) in [5, 5.41) is 6.77. The second kappa shape index (κ2) is 8.26. The van der Waals surface area contributed by atoms with Crippen LogP contribution in [0.2, 0.25) is 0 Å². The van der Waals surface area contributed by atoms with E-state index in [-0.39, 0.29) is 12.1 Å². The number of allylic oxidation sites excluding steroid dienone is 1. The molecule has 136 valence electrons. The summed E-state index contributed by atoms with van der Waals surface area (Å²) in [6.07, 6.45) is 3.75. The highest BCUT2D eigenvalue weighted by Gasteiger charge is 2.24. The fraction of sp³-hybridized carbons (Fsp3) is 0.429. The first-order valence-electron chi connectivity index (χ1n) is 8.93. The number of hydrogen-bond donors (Lipinski definition) is 3. The molecule has 4 heteroatoms. The highest BCUT2D eigenvalue weighted by molar-refractivity contribution is 5.60. The number of nitrogens with one attached hydrogen (secondary N) is 2. The molecule has 1 unspecified atom stereocenters. The minimum atomic E-state index is 0.188. The van der Waals surface area contributed by atoms with Crippen LogP contribution >= 0.6 is 0 Å². The molecule has 1 aromatic rings. The van der Waals surface area contributed by atoms with Crippen molar-refractivity contribution < 1.29 is 0 Å². The molecule has 4 N–H and O–H groups in total. The van der Waals surface area contributed by atoms with E-state index < -0.39 is 0 Å². The number of fused-ring (bicyclic) bond motifs is 1. The van der Waals surface area contributed by atoms with Crippen LogP contribution in [0.1, 0.15) is 30.9 Å². The molecule has 0 fully saturated rings. The Labute approximate surface area is 152 Å². The van der Waals surface area contributed by atoms with Crippen LogP contribution in [-0.2, 0) is 12.8 Å². The molecule has 0 aromatic heterocycles. The second-order valence-electron chi connectivity index (χ2n) is 6.94. The Hall–Kier alpha value is -2.20. The molecule has 0 saturated carbocycles. The van der Waals surface area contributed by atoms with Crippen LogP contribution in [0, 0.1) is 0 Å². The van der Waals surface area contributed by atoms with Crippen molar-refractivity contribution in [2.45, 2.75) is 44.7 Å². The molecule has 0 radical (unpaired) electrons. The summed E-state index contributed by atoms with van der Waals surface area (Å²) in [4.78, 5) is 2.21. The Balaban J connectivity index is 2.17. The average Bonchev–Trinajstić information content (AvgIpc) is 2.71. The number of nitrogens with two attached hydrogens (primary N) is 1. The topological polar surface area (TPSA) is 53.3 Å². The molecule has 0 amide bonds. The van der Waals surface area contributed by atoms with Crippen LogP contribution in [0.15, 0.2) is 55.0 Å². The molecule has 0 bridgehead atoms. The van der Waals surface area contributed by atoms with E-state index in [4.69, 9.17) is 5.73 Å². The van der Waals surface area contributed by atoms with Gasteiger partial charge in [-0.25, -0.2) is 0 Å². The zero-order valence-electron chi connectivity index (χ0n) is 15.9. The van der Waals surface area contributed by atoms with E-state index >= 15 is 0 Å². The third kappa shape index (κ3) is 4.67. The maximum Gasteiger partial charge on any atom is 0.0659 e. The quantitative estimate of drug-likeness (QED) is 0.714. The SMILES string of the molecule is C=C(N)CCc1ccc2c(c1)N(C)C(=C)[C@@H](NC(=C)C(C)NC)CC2. The first kappa shape index (κ1) is 19.1. The van der Waals surface area contributed by atoms with E-state index in [9.17, 15) is 0 Å². The molecule has 4 nitrogen and oxygen atoms in total. The van der Waals surface area contributed by atoms with Crippen LogP contribution in [-0.4, -0.2) is 26.2 Å². The largest absolute Gasteiger partial charge is 0.403 e. The fourth-order valence-electron chi connectivity index (χ4n) is 3.13. The van der Waals surface area contributed by atoms with Crippen molar-refractivity contribution in [2.24, 2.45) is 5.73 Å². The highest BCUT2D eigenvalue weighted by Crippen LogP contribution is 2.31. The number of benzene rings is 1. The minimum absolute atomic E-state index is 0.188. The summed E-state index contributed by atoms with van der Waals surface area (Å²) >= 11 is 0. The van der Waals surface area contributed by atoms with Crippen LogP contribution in [0.4, 0.5) is 5.69 Å². The summed E-state index contributed by atoms with van der Waals surface area (Å²) in [6.45, 7) is 14.4. The van der Waals surface area contributed by atoms with E-state index in [1.54, 1.807) is 0 Å². The van der Waals surface area contributed by atoms with Crippen LogP contribution in [0.3, 0.4) is 0 Å². The van der Waals surface area contributed by atoms with Crippen molar-refractivity contribution in [3.8, 4) is 0 Å². The molecular weight excluding hydrogens is 308 g/mol. The predicted octanol–water partition coefficient (Wildman–Crippen LogP) is 3.07. The molecule has 0 saturated heterocycles. The van der Waals surface area contributed by atoms with Gasteiger partial charge in [-0.15, -0.1) is 0 Å². The van der Waals surface area contributed by atoms with Gasteiger partial charge in [-0.1, -0.05) is 31.9 Å². The molecule has 1 aliphatic heterocycles. The third-order valence-electron chi connectivity index (χ3n) is 5.10. The maximum atomic E-state index is 5.71. The summed E-state index contributed by atoms with van der Waals surface area (Å²) in [5.41, 5.74) is 12.4. The van der Waals surface area contributed by atoms with Crippen molar-refractivity contribution in [3.05, 3.63) is 66.2 Å². The lowest BCUT2D eigenvalue weighted by Gasteiger charge is -2.29. The smallest absolute Gasteiger partial charge is 0.0659 e. The first-order valence-corrected chi connectivity index (χ1v) is 8.93. The number of hydrogen-bond acceptors (Lipinski definition) is 4. The van der Waals surface area contributed by atoms with E-state index in [2.05, 4.69) is 67.4 Å². The third-order valence-corrected chi connectivity index (χ3v) is 5.10. The minimum Gasteiger partial charge on any atom is -0.403 e. The van der Waals surface area contributed by atoms with Gasteiger partial charge in [-0.2, -0.15) is 0 Å². The van der Waals surface area contributed by atoms with Gasteiger partial charge in [0.05, 0.1) is 6.04 Å². The maximum absolute atomic E-state index is 5.71. The Morgan fingerprint density at radius 1 is 1.40 bits per heavy atom. The molecule has 0 aliphatic carbocycles. The molecular formula is C21H32N4. The zero-order chi connectivity index (χ0) is 18.6. The molecule has 0 spiro atoms. The fourth-order valence-corrected chi connectivity index (χ4v) is 3.13. The average molecular weight is 341 g/mol. The van der Waals surface area contributed by atoms with Crippen molar-refractivity contribution in [1.29, 1.82) is 0 Å². The van der Waals surface area contributed by atoms with Crippen molar-refractivity contribution in [1.82, 2.24) is 10.6 Å². The molecule has 2 atom stereocenters. The van der Waals surface area contributed by atoms with E-state index in [1.807, 2.05) is 7.05 Å². The zero-order valence-corrected chi connectivity index (χ0v) is 15.9. The molecule has 1 aromatic carbocycles. The van der Waals surface area contributed by atoms with Crippen LogP contribution in [0.25, 0.3) is 0 Å². The van der Waals surface area contributed by atoms with E-state index in [1.165, 1.54) is 16.8 Å². The number of rotatable bonds is 7. The Morgan fingerprint density at radius 2 is 2.12 bits per heavy atom. The van der Waals surface area contributed by atoms with Gasteiger partial charge in [-0.3, -0.25) is 0 Å². The Morgan fingerprint density at radius 3 is 2.76 bits per heavy atom. The molecule has 25 heavy (non-hydrogen) atoms. The molecule has 1 aliphatic rings. The van der Waals surface area contributed by atoms with Gasteiger partial charge in [0.15, 0.2) is 0 Å². The van der Waals surface area contributed by atoms with Crippen LogP contribution in [0.5, 0.6) is 0 Å². The number of likely N-dealkylation sites (N-methyl/N-ethyl adjacent to an activating group) is 2. The van der Waals surface area contributed by atoms with Gasteiger partial charge in [0.2, 0.25) is 0 Å². The Bertz CT molecular complexity index is 662. The van der Waals surface area contributed by atoms with Gasteiger partial charge in [0.1, 0.15) is 0 Å². The number of anilines is 1. The lowest BCUT2D eigenvalue weighted by Crippen LogP contribution is -2.40. The van der Waals surface area contributed by atoms with Gasteiger partial charge in [-0.05, 0) is 56.8 Å². The van der Waals surface area contributed by atoms with Crippen molar-refractivity contribution in [3.63, 3.8) is 0 Å². The van der Waals surface area contributed by atoms with Gasteiger partial charge >= 0.3 is 0 Å². The lowest BCUT2D eigenvalue weighted by atomic mass is 10.0. The van der Waals surface area contributed by atoms with E-state index in [0.717, 1.165) is 42.8 Å². The van der Waals surface area contributed by atoms with Gasteiger partial charge in [0.25, 0.3) is 0 Å². The summed E-state index contributed by atoms with van der Waals surface area (Å²) in [6, 6.07) is 7.11. The number of nitrogens with zero attached hydrogens (tertiary/aromatic N) is 1. The monoisotopic (exact) mass is 340 g/mol. The number of aryl methyl sites for hydroxylation is 2. The lowest BCUT2D eigenvalue weighted by molar-refractivity contribution is 0.542. The molecule has 2 rings (SSSR count). The standard InChI is InChI=1S/C21H32N4/c1-14(22)7-8-18-9-10-19-11-12-20(24-16(3)15(2)23-5)17(4)25(6)21(19)13-18/h9-10,13,15,20,23-24H,1,3-4,7-8,11-12,22H2,2,5-6H3/t15?,20-/m0/s1. The van der Waals surface area contributed by atoms with E-state index in [0.29, 0.717) is 0 Å². The highest BCUT2D eigenvalue weighted by atomic mass is 15.2. The summed E-state index contributed by atoms with van der Waals surface area (Å²) in [5.74, 6) is 0. The normalized spacial score (nSPS) is 18.3. The van der Waals surface area contributed by atoms with Gasteiger partial charge in [0, 0.05) is 35.9 Å². The predicted molar refractivity (Wildman–Crippen MR) is 109 cm³/mol. The summed E-state index contributed by atoms with van der Waals surface area (Å²) in [7, 11) is 4.04. The van der Waals surface area contributed by atoms with Crippen LogP contribution < -0.4 is 21.3 Å². The van der Waals surface area contributed by atoms with Crippen molar-refractivity contribution in [2.75, 3.05) is 19.0 Å².